The van der Waals surface area contributed by atoms with Crippen LogP contribution in [-0.2, 0) is 16.1 Å². The summed E-state index contributed by atoms with van der Waals surface area (Å²) >= 11 is 4.00. The zero-order valence-electron chi connectivity index (χ0n) is 11.8. The van der Waals surface area contributed by atoms with Crippen LogP contribution in [0.4, 0.5) is 5.69 Å². The van der Waals surface area contributed by atoms with E-state index in [1.165, 1.54) is 26.4 Å². The van der Waals surface area contributed by atoms with Crippen LogP contribution in [-0.4, -0.2) is 30.9 Å². The number of ether oxygens (including phenoxy) is 3. The average Bonchev–Trinajstić information content (AvgIpc) is 2.49. The molecule has 21 heavy (non-hydrogen) atoms. The Morgan fingerprint density at radius 2 is 1.90 bits per heavy atom. The molecule has 0 aliphatic carbocycles. The first-order valence-electron chi connectivity index (χ1n) is 6.19. The third-order valence-corrected chi connectivity index (χ3v) is 3.03. The van der Waals surface area contributed by atoms with Crippen LogP contribution in [0.2, 0.25) is 0 Å². The van der Waals surface area contributed by atoms with Gasteiger partial charge in [0.25, 0.3) is 5.69 Å². The first kappa shape index (κ1) is 17.1. The van der Waals surface area contributed by atoms with Crippen LogP contribution in [0.1, 0.15) is 18.4 Å². The molecule has 0 atom stereocenters. The first-order chi connectivity index (χ1) is 10.0. The van der Waals surface area contributed by atoms with Crippen molar-refractivity contribution in [2.45, 2.75) is 19.4 Å². The fraction of sp³-hybridized carbons (Fsp3) is 0.462. The summed E-state index contributed by atoms with van der Waals surface area (Å²) in [6.45, 7) is -0.192. The molecule has 0 spiro atoms. The van der Waals surface area contributed by atoms with Gasteiger partial charge in [-0.25, -0.2) is 0 Å². The summed E-state index contributed by atoms with van der Waals surface area (Å²) in [5.41, 5.74) is 0.0616. The van der Waals surface area contributed by atoms with E-state index in [9.17, 15) is 14.9 Å². The van der Waals surface area contributed by atoms with Crippen molar-refractivity contribution in [2.24, 2.45) is 0 Å². The monoisotopic (exact) mass is 315 g/mol. The van der Waals surface area contributed by atoms with E-state index < -0.39 is 10.9 Å². The van der Waals surface area contributed by atoms with E-state index in [-0.39, 0.29) is 30.0 Å². The Morgan fingerprint density at radius 3 is 2.43 bits per heavy atom. The molecule has 0 radical (unpaired) electrons. The van der Waals surface area contributed by atoms with Gasteiger partial charge in [0.1, 0.15) is 6.61 Å². The second kappa shape index (κ2) is 8.35. The quantitative estimate of drug-likeness (QED) is 0.343. The SMILES string of the molecule is COc1cc(COC(=O)CCCS)c([N+](=O)[O-])cc1OC. The molecule has 0 aliphatic heterocycles. The van der Waals surface area contributed by atoms with Gasteiger partial charge in [0.05, 0.1) is 30.8 Å². The molecular formula is C13H17NO6S. The average molecular weight is 315 g/mol. The Bertz CT molecular complexity index is 520. The van der Waals surface area contributed by atoms with Gasteiger partial charge in [0, 0.05) is 6.42 Å². The Morgan fingerprint density at radius 1 is 1.29 bits per heavy atom. The molecule has 0 aliphatic rings. The minimum atomic E-state index is -0.557. The van der Waals surface area contributed by atoms with Crippen molar-refractivity contribution >= 4 is 24.3 Å². The van der Waals surface area contributed by atoms with Crippen LogP contribution in [0.15, 0.2) is 12.1 Å². The minimum absolute atomic E-state index is 0.186. The van der Waals surface area contributed by atoms with Gasteiger partial charge in [-0.05, 0) is 18.2 Å². The second-order valence-corrected chi connectivity index (χ2v) is 4.53. The molecule has 1 rings (SSSR count). The number of thiol groups is 1. The summed E-state index contributed by atoms with van der Waals surface area (Å²) < 4.78 is 15.1. The number of rotatable bonds is 8. The van der Waals surface area contributed by atoms with E-state index in [1.54, 1.807) is 0 Å². The molecule has 1 aromatic rings. The minimum Gasteiger partial charge on any atom is -0.493 e. The van der Waals surface area contributed by atoms with Crippen LogP contribution in [0.25, 0.3) is 0 Å². The van der Waals surface area contributed by atoms with Gasteiger partial charge in [-0.2, -0.15) is 12.6 Å². The fourth-order valence-electron chi connectivity index (χ4n) is 1.65. The van der Waals surface area contributed by atoms with Gasteiger partial charge in [0.2, 0.25) is 0 Å². The van der Waals surface area contributed by atoms with Gasteiger partial charge < -0.3 is 14.2 Å². The standard InChI is InChI=1S/C13H17NO6S/c1-18-11-6-9(8-20-13(15)4-3-5-21)10(14(16)17)7-12(11)19-2/h6-7,21H,3-5,8H2,1-2H3. The van der Waals surface area contributed by atoms with Crippen LogP contribution >= 0.6 is 12.6 Å². The number of hydrogen-bond donors (Lipinski definition) is 1. The molecule has 0 aromatic heterocycles. The predicted molar refractivity (Wildman–Crippen MR) is 79.1 cm³/mol. The third kappa shape index (κ3) is 4.82. The molecular weight excluding hydrogens is 298 g/mol. The zero-order valence-corrected chi connectivity index (χ0v) is 12.7. The number of nitro groups is 1. The van der Waals surface area contributed by atoms with E-state index in [4.69, 9.17) is 14.2 Å². The molecule has 0 N–H and O–H groups in total. The van der Waals surface area contributed by atoms with E-state index >= 15 is 0 Å². The van der Waals surface area contributed by atoms with Crippen molar-refractivity contribution in [3.63, 3.8) is 0 Å². The summed E-state index contributed by atoms with van der Waals surface area (Å²) in [5.74, 6) is 0.734. The molecule has 0 unspecified atom stereocenters. The highest BCUT2D eigenvalue weighted by Gasteiger charge is 2.20. The molecule has 8 heteroatoms. The maximum atomic E-state index is 11.5. The molecule has 0 bridgehead atoms. The van der Waals surface area contributed by atoms with Gasteiger partial charge in [-0.3, -0.25) is 14.9 Å². The van der Waals surface area contributed by atoms with Gasteiger partial charge in [-0.1, -0.05) is 0 Å². The number of methoxy groups -OCH3 is 2. The number of nitrogens with zero attached hydrogens (tertiary/aromatic N) is 1. The molecule has 0 saturated heterocycles. The Kier molecular flexibility index (Phi) is 6.80. The molecule has 0 fully saturated rings. The van der Waals surface area contributed by atoms with Crippen molar-refractivity contribution < 1.29 is 23.9 Å². The van der Waals surface area contributed by atoms with E-state index in [1.807, 2.05) is 0 Å². The van der Waals surface area contributed by atoms with E-state index in [0.717, 1.165) is 0 Å². The van der Waals surface area contributed by atoms with Crippen LogP contribution in [0, 0.1) is 10.1 Å². The number of hydrogen-bond acceptors (Lipinski definition) is 7. The molecule has 0 heterocycles. The van der Waals surface area contributed by atoms with E-state index in [2.05, 4.69) is 12.6 Å². The van der Waals surface area contributed by atoms with Crippen molar-refractivity contribution in [2.75, 3.05) is 20.0 Å². The molecule has 7 nitrogen and oxygen atoms in total. The largest absolute Gasteiger partial charge is 0.493 e. The Labute approximate surface area is 127 Å². The molecule has 0 amide bonds. The second-order valence-electron chi connectivity index (χ2n) is 4.08. The Balaban J connectivity index is 2.93. The highest BCUT2D eigenvalue weighted by atomic mass is 32.1. The lowest BCUT2D eigenvalue weighted by molar-refractivity contribution is -0.385. The number of carbonyl (C=O) groups excluding carboxylic acids is 1. The number of esters is 1. The molecule has 1 aromatic carbocycles. The van der Waals surface area contributed by atoms with Gasteiger partial charge >= 0.3 is 5.97 Å². The summed E-state index contributed by atoms with van der Waals surface area (Å²) in [6.07, 6.45) is 0.820. The van der Waals surface area contributed by atoms with Gasteiger partial charge in [-0.15, -0.1) is 0 Å². The first-order valence-corrected chi connectivity index (χ1v) is 6.82. The lowest BCUT2D eigenvalue weighted by Crippen LogP contribution is -2.07. The normalized spacial score (nSPS) is 10.0. The fourth-order valence-corrected chi connectivity index (χ4v) is 1.81. The highest BCUT2D eigenvalue weighted by molar-refractivity contribution is 7.80. The smallest absolute Gasteiger partial charge is 0.306 e. The van der Waals surface area contributed by atoms with Crippen molar-refractivity contribution in [1.82, 2.24) is 0 Å². The highest BCUT2D eigenvalue weighted by Crippen LogP contribution is 2.34. The summed E-state index contributed by atoms with van der Waals surface area (Å²) in [5, 5.41) is 11.1. The van der Waals surface area contributed by atoms with Crippen molar-refractivity contribution in [1.29, 1.82) is 0 Å². The van der Waals surface area contributed by atoms with Gasteiger partial charge in [0.15, 0.2) is 11.5 Å². The van der Waals surface area contributed by atoms with Crippen molar-refractivity contribution in [3.8, 4) is 11.5 Å². The zero-order chi connectivity index (χ0) is 15.8. The van der Waals surface area contributed by atoms with Crippen LogP contribution in [0.3, 0.4) is 0 Å². The summed E-state index contributed by atoms with van der Waals surface area (Å²) in [6, 6.07) is 2.68. The van der Waals surface area contributed by atoms with E-state index in [0.29, 0.717) is 17.9 Å². The predicted octanol–water partition coefficient (Wildman–Crippen LogP) is 2.37. The van der Waals surface area contributed by atoms with Crippen LogP contribution < -0.4 is 9.47 Å². The summed E-state index contributed by atoms with van der Waals surface area (Å²) in [7, 11) is 2.81. The lowest BCUT2D eigenvalue weighted by atomic mass is 10.1. The lowest BCUT2D eigenvalue weighted by Gasteiger charge is -2.11. The van der Waals surface area contributed by atoms with Crippen molar-refractivity contribution in [3.05, 3.63) is 27.8 Å². The number of benzene rings is 1. The topological polar surface area (TPSA) is 87.9 Å². The summed E-state index contributed by atoms with van der Waals surface area (Å²) in [4.78, 5) is 22.0. The number of nitro benzene ring substituents is 1. The maximum Gasteiger partial charge on any atom is 0.306 e. The molecule has 116 valence electrons. The Hall–Kier alpha value is -1.96. The maximum absolute atomic E-state index is 11.5. The van der Waals surface area contributed by atoms with Crippen LogP contribution in [0.5, 0.6) is 11.5 Å². The third-order valence-electron chi connectivity index (χ3n) is 2.71. The number of carbonyl (C=O) groups is 1. The molecule has 0 saturated carbocycles.